The van der Waals surface area contributed by atoms with E-state index in [1.807, 2.05) is 12.2 Å². The first-order valence-electron chi connectivity index (χ1n) is 11.7. The summed E-state index contributed by atoms with van der Waals surface area (Å²) in [5, 5.41) is 2.77. The second kappa shape index (κ2) is 20.2. The SMILES string of the molecule is CCCCCCCCCC/C=C/S(=O)(=O)/C=C/CCCCCCCCCC. The number of hydrogen-bond donors (Lipinski definition) is 0. The van der Waals surface area contributed by atoms with Crippen LogP contribution < -0.4 is 0 Å². The maximum atomic E-state index is 11.9. The molecule has 2 nitrogen and oxygen atoms in total. The van der Waals surface area contributed by atoms with Crippen molar-refractivity contribution in [1.29, 1.82) is 0 Å². The maximum absolute atomic E-state index is 11.9. The van der Waals surface area contributed by atoms with Gasteiger partial charge in [0, 0.05) is 10.8 Å². The van der Waals surface area contributed by atoms with Gasteiger partial charge >= 0.3 is 0 Å². The summed E-state index contributed by atoms with van der Waals surface area (Å²) in [4.78, 5) is 0. The lowest BCUT2D eigenvalue weighted by Crippen LogP contribution is -1.88. The number of allylic oxidation sites excluding steroid dienone is 2. The third kappa shape index (κ3) is 21.6. The van der Waals surface area contributed by atoms with E-state index < -0.39 is 9.84 Å². The summed E-state index contributed by atoms with van der Waals surface area (Å²) in [5.41, 5.74) is 0. The summed E-state index contributed by atoms with van der Waals surface area (Å²) in [5.74, 6) is 0. The lowest BCUT2D eigenvalue weighted by molar-refractivity contribution is 0.577. The normalized spacial score (nSPS) is 12.5. The second-order valence-corrected chi connectivity index (χ2v) is 9.58. The largest absolute Gasteiger partial charge is 0.220 e. The molecule has 0 N–H and O–H groups in total. The zero-order valence-electron chi connectivity index (χ0n) is 18.3. The van der Waals surface area contributed by atoms with Crippen molar-refractivity contribution in [3.05, 3.63) is 23.0 Å². The standard InChI is InChI=1S/C24H46O2S/c1-3-5-7-9-11-13-15-17-19-21-23-27(25,26)24-22-20-18-16-14-12-10-8-6-4-2/h21-24H,3-20H2,1-2H3/b23-21+,24-22+. The molecule has 27 heavy (non-hydrogen) atoms. The third-order valence-electron chi connectivity index (χ3n) is 5.02. The van der Waals surface area contributed by atoms with E-state index in [-0.39, 0.29) is 0 Å². The summed E-state index contributed by atoms with van der Waals surface area (Å²) < 4.78 is 23.9. The molecule has 0 atom stereocenters. The minimum atomic E-state index is -3.16. The Bertz CT molecular complexity index is 413. The van der Waals surface area contributed by atoms with Gasteiger partial charge in [0.1, 0.15) is 0 Å². The van der Waals surface area contributed by atoms with Crippen molar-refractivity contribution < 1.29 is 8.42 Å². The highest BCUT2D eigenvalue weighted by molar-refractivity contribution is 7.97. The van der Waals surface area contributed by atoms with Gasteiger partial charge in [0.2, 0.25) is 0 Å². The van der Waals surface area contributed by atoms with Crippen LogP contribution in [-0.4, -0.2) is 8.42 Å². The Kier molecular flexibility index (Phi) is 19.7. The molecule has 160 valence electrons. The molecular weight excluding hydrogens is 352 g/mol. The molecule has 0 heterocycles. The van der Waals surface area contributed by atoms with Gasteiger partial charge in [-0.15, -0.1) is 0 Å². The number of hydrogen-bond acceptors (Lipinski definition) is 2. The van der Waals surface area contributed by atoms with Crippen LogP contribution in [0.25, 0.3) is 0 Å². The second-order valence-electron chi connectivity index (χ2n) is 7.86. The highest BCUT2D eigenvalue weighted by Gasteiger charge is 1.98. The molecule has 0 rings (SSSR count). The molecule has 0 aromatic rings. The van der Waals surface area contributed by atoms with Crippen molar-refractivity contribution in [1.82, 2.24) is 0 Å². The first-order chi connectivity index (χ1) is 13.1. The van der Waals surface area contributed by atoms with E-state index in [1.54, 1.807) is 0 Å². The Hall–Kier alpha value is -0.570. The van der Waals surface area contributed by atoms with Crippen LogP contribution in [0, 0.1) is 0 Å². The highest BCUT2D eigenvalue weighted by Crippen LogP contribution is 2.11. The quantitative estimate of drug-likeness (QED) is 0.193. The van der Waals surface area contributed by atoms with Crippen LogP contribution in [0.15, 0.2) is 23.0 Å². The first kappa shape index (κ1) is 26.4. The Labute approximate surface area is 170 Å². The Morgan fingerprint density at radius 1 is 0.481 bits per heavy atom. The highest BCUT2D eigenvalue weighted by atomic mass is 32.2. The third-order valence-corrected chi connectivity index (χ3v) is 6.16. The Morgan fingerprint density at radius 2 is 0.778 bits per heavy atom. The molecule has 0 aliphatic heterocycles. The molecule has 0 radical (unpaired) electrons. The zero-order valence-corrected chi connectivity index (χ0v) is 19.1. The molecule has 0 aromatic heterocycles. The van der Waals surface area contributed by atoms with Crippen molar-refractivity contribution in [2.45, 2.75) is 129 Å². The van der Waals surface area contributed by atoms with Crippen molar-refractivity contribution in [3.8, 4) is 0 Å². The first-order valence-corrected chi connectivity index (χ1v) is 13.3. The molecule has 0 bridgehead atoms. The summed E-state index contributed by atoms with van der Waals surface area (Å²) in [6.07, 6.45) is 26.0. The molecule has 0 unspecified atom stereocenters. The predicted octanol–water partition coefficient (Wildman–Crippen LogP) is 8.49. The van der Waals surface area contributed by atoms with Gasteiger partial charge in [-0.3, -0.25) is 0 Å². The van der Waals surface area contributed by atoms with E-state index in [4.69, 9.17) is 0 Å². The summed E-state index contributed by atoms with van der Waals surface area (Å²) in [6, 6.07) is 0. The van der Waals surface area contributed by atoms with Gasteiger partial charge in [0.05, 0.1) is 0 Å². The van der Waals surface area contributed by atoms with Crippen molar-refractivity contribution in [2.24, 2.45) is 0 Å². The molecule has 0 spiro atoms. The summed E-state index contributed by atoms with van der Waals surface area (Å²) >= 11 is 0. The molecule has 0 aliphatic rings. The monoisotopic (exact) mass is 398 g/mol. The van der Waals surface area contributed by atoms with E-state index >= 15 is 0 Å². The minimum absolute atomic E-state index is 0.875. The van der Waals surface area contributed by atoms with Crippen LogP contribution in [0.5, 0.6) is 0 Å². The lowest BCUT2D eigenvalue weighted by Gasteiger charge is -2.00. The maximum Gasteiger partial charge on any atom is 0.192 e. The van der Waals surface area contributed by atoms with Gasteiger partial charge < -0.3 is 0 Å². The average molecular weight is 399 g/mol. The average Bonchev–Trinajstić information content (AvgIpc) is 2.64. The van der Waals surface area contributed by atoms with Crippen molar-refractivity contribution in [2.75, 3.05) is 0 Å². The number of rotatable bonds is 20. The fourth-order valence-electron chi connectivity index (χ4n) is 3.24. The molecule has 0 amide bonds. The smallest absolute Gasteiger partial charge is 0.192 e. The van der Waals surface area contributed by atoms with Crippen LogP contribution >= 0.6 is 0 Å². The zero-order chi connectivity index (χ0) is 20.1. The van der Waals surface area contributed by atoms with Crippen LogP contribution in [-0.2, 0) is 9.84 Å². The van der Waals surface area contributed by atoms with Gasteiger partial charge in [-0.05, 0) is 25.7 Å². The van der Waals surface area contributed by atoms with Gasteiger partial charge in [0.25, 0.3) is 0 Å². The fourth-order valence-corrected chi connectivity index (χ4v) is 4.14. The van der Waals surface area contributed by atoms with Crippen molar-refractivity contribution >= 4 is 9.84 Å². The summed E-state index contributed by atoms with van der Waals surface area (Å²) in [6.45, 7) is 4.48. The molecule has 0 aromatic carbocycles. The van der Waals surface area contributed by atoms with Gasteiger partial charge in [-0.25, -0.2) is 8.42 Å². The molecule has 0 aliphatic carbocycles. The molecular formula is C24H46O2S. The van der Waals surface area contributed by atoms with E-state index in [0.29, 0.717) is 0 Å². The van der Waals surface area contributed by atoms with Crippen molar-refractivity contribution in [3.63, 3.8) is 0 Å². The predicted molar refractivity (Wildman–Crippen MR) is 122 cm³/mol. The van der Waals surface area contributed by atoms with Crippen LogP contribution in [0.1, 0.15) is 129 Å². The lowest BCUT2D eigenvalue weighted by atomic mass is 10.1. The Morgan fingerprint density at radius 3 is 1.11 bits per heavy atom. The van der Waals surface area contributed by atoms with E-state index in [1.165, 1.54) is 101 Å². The van der Waals surface area contributed by atoms with Crippen LogP contribution in [0.4, 0.5) is 0 Å². The van der Waals surface area contributed by atoms with E-state index in [9.17, 15) is 8.42 Å². The van der Waals surface area contributed by atoms with E-state index in [2.05, 4.69) is 13.8 Å². The van der Waals surface area contributed by atoms with Crippen LogP contribution in [0.3, 0.4) is 0 Å². The summed E-state index contributed by atoms with van der Waals surface area (Å²) in [7, 11) is -3.16. The van der Waals surface area contributed by atoms with Gasteiger partial charge in [-0.1, -0.05) is 116 Å². The molecule has 3 heteroatoms. The van der Waals surface area contributed by atoms with Gasteiger partial charge in [0.15, 0.2) is 9.84 Å². The van der Waals surface area contributed by atoms with Gasteiger partial charge in [-0.2, -0.15) is 0 Å². The minimum Gasteiger partial charge on any atom is -0.220 e. The fraction of sp³-hybridized carbons (Fsp3) is 0.833. The number of unbranched alkanes of at least 4 members (excludes halogenated alkanes) is 16. The van der Waals surface area contributed by atoms with Crippen LogP contribution in [0.2, 0.25) is 0 Å². The number of sulfone groups is 1. The topological polar surface area (TPSA) is 34.1 Å². The van der Waals surface area contributed by atoms with E-state index in [0.717, 1.165) is 25.7 Å². The Balaban J connectivity index is 3.57. The molecule has 0 saturated carbocycles. The molecule has 0 saturated heterocycles. The molecule has 0 fully saturated rings.